The van der Waals surface area contributed by atoms with E-state index in [9.17, 15) is 20.0 Å². The van der Waals surface area contributed by atoms with Crippen molar-refractivity contribution in [1.29, 1.82) is 0 Å². The standard InChI is InChI=1S/2C21H27N3O3.3C2H2O4/c2*25-21(19-8-5-13-24(26)17-19)22-10-6-14-27-20-9-4-7-18(15-20)16-23-11-2-1-3-12-23;3*3-1(4)2(5)6/h2*4-5,7-9,13,15,17H,1-3,6,10-12,14,16H2,(H,22,25);3*(H,3,4)(H,5,6). The summed E-state index contributed by atoms with van der Waals surface area (Å²) in [7, 11) is 0. The van der Waals surface area contributed by atoms with Crippen molar-refractivity contribution in [3.63, 3.8) is 0 Å². The molecule has 4 aromatic rings. The number of ether oxygens (including phenoxy) is 2. The molecule has 4 heterocycles. The Balaban J connectivity index is 0.000000369. The normalized spacial score (nSPS) is 12.8. The Morgan fingerprint density at radius 3 is 1.12 bits per heavy atom. The number of pyridine rings is 2. The predicted molar refractivity (Wildman–Crippen MR) is 253 cm³/mol. The second kappa shape index (κ2) is 34.0. The number of hydrogen-bond donors (Lipinski definition) is 8. The quantitative estimate of drug-likeness (QED) is 0.0346. The Morgan fingerprint density at radius 2 is 0.819 bits per heavy atom. The highest BCUT2D eigenvalue weighted by Crippen LogP contribution is 2.19. The SMILES string of the molecule is O=C(NCCCOc1cccc(CN2CCCCC2)c1)c1ccc[n+]([O-])c1.O=C(NCCCOc1cccc(CN2CCCCC2)c1)c1ccc[n+]([O-])c1.O=C(O)C(=O)O.O=C(O)C(=O)O.O=C(O)C(=O)O. The van der Waals surface area contributed by atoms with Crippen molar-refractivity contribution in [3.05, 3.63) is 130 Å². The van der Waals surface area contributed by atoms with Gasteiger partial charge in [-0.2, -0.15) is 9.46 Å². The molecule has 0 saturated carbocycles. The molecule has 0 bridgehead atoms. The maximum absolute atomic E-state index is 12.0. The summed E-state index contributed by atoms with van der Waals surface area (Å²) in [5, 5.41) is 72.3. The fraction of sp³-hybridized carbons (Fsp3) is 0.375. The highest BCUT2D eigenvalue weighted by molar-refractivity contribution is 6.28. The van der Waals surface area contributed by atoms with Gasteiger partial charge >= 0.3 is 35.8 Å². The molecular formula is C48H60N6O18. The first-order valence-electron chi connectivity index (χ1n) is 22.6. The molecule has 0 radical (unpaired) electrons. The molecule has 8 N–H and O–H groups in total. The zero-order chi connectivity index (χ0) is 53.3. The number of nitrogens with zero attached hydrogens (tertiary/aromatic N) is 4. The van der Waals surface area contributed by atoms with Crippen LogP contribution < -0.4 is 29.6 Å². The number of nitrogens with one attached hydrogen (secondary N) is 2. The molecule has 0 spiro atoms. The number of carboxylic acid groups (broad SMARTS) is 6. The molecule has 2 aliphatic heterocycles. The molecule has 2 amide bonds. The molecule has 0 atom stereocenters. The first kappa shape index (κ1) is 59.7. The summed E-state index contributed by atoms with van der Waals surface area (Å²) in [6.07, 6.45) is 14.5. The average Bonchev–Trinajstić information content (AvgIpc) is 3.35. The van der Waals surface area contributed by atoms with Crippen molar-refractivity contribution < 1.29 is 87.9 Å². The summed E-state index contributed by atoms with van der Waals surface area (Å²) in [6, 6.07) is 22.8. The van der Waals surface area contributed by atoms with Gasteiger partial charge in [0, 0.05) is 38.3 Å². The fourth-order valence-electron chi connectivity index (χ4n) is 6.53. The largest absolute Gasteiger partial charge is 0.619 e. The maximum Gasteiger partial charge on any atom is 0.414 e. The summed E-state index contributed by atoms with van der Waals surface area (Å²) < 4.78 is 12.9. The van der Waals surface area contributed by atoms with Crippen molar-refractivity contribution in [3.8, 4) is 11.5 Å². The number of aromatic nitrogens is 2. The molecule has 0 aliphatic carbocycles. The fourth-order valence-corrected chi connectivity index (χ4v) is 6.53. The van der Waals surface area contributed by atoms with Crippen LogP contribution in [0.4, 0.5) is 0 Å². The predicted octanol–water partition coefficient (Wildman–Crippen LogP) is 2.48. The Labute approximate surface area is 413 Å². The number of piperidine rings is 2. The van der Waals surface area contributed by atoms with Crippen molar-refractivity contribution >= 4 is 47.6 Å². The minimum absolute atomic E-state index is 0.247. The molecule has 2 aliphatic rings. The highest BCUT2D eigenvalue weighted by Gasteiger charge is 2.13. The molecular weight excluding hydrogens is 949 g/mol. The van der Waals surface area contributed by atoms with Crippen molar-refractivity contribution in [1.82, 2.24) is 20.4 Å². The molecule has 6 rings (SSSR count). The molecule has 2 aromatic heterocycles. The summed E-state index contributed by atoms with van der Waals surface area (Å²) in [5.74, 6) is -9.70. The molecule has 390 valence electrons. The molecule has 0 unspecified atom stereocenters. The van der Waals surface area contributed by atoms with Crippen LogP contribution in [0.3, 0.4) is 0 Å². The monoisotopic (exact) mass is 1010 g/mol. The van der Waals surface area contributed by atoms with Gasteiger partial charge in [0.2, 0.25) is 0 Å². The number of aliphatic carboxylic acids is 6. The van der Waals surface area contributed by atoms with E-state index in [2.05, 4.69) is 44.7 Å². The van der Waals surface area contributed by atoms with Crippen LogP contribution >= 0.6 is 0 Å². The van der Waals surface area contributed by atoms with E-state index >= 15 is 0 Å². The second-order valence-electron chi connectivity index (χ2n) is 15.6. The summed E-state index contributed by atoms with van der Waals surface area (Å²) >= 11 is 0. The smallest absolute Gasteiger partial charge is 0.414 e. The number of rotatable bonds is 16. The van der Waals surface area contributed by atoms with Gasteiger partial charge in [-0.05, 0) is 112 Å². The number of amides is 2. The van der Waals surface area contributed by atoms with E-state index in [4.69, 9.17) is 68.9 Å². The van der Waals surface area contributed by atoms with Crippen molar-refractivity contribution in [2.75, 3.05) is 52.5 Å². The number of carboxylic acids is 6. The first-order valence-corrected chi connectivity index (χ1v) is 22.6. The van der Waals surface area contributed by atoms with Crippen LogP contribution in [0.15, 0.2) is 97.6 Å². The van der Waals surface area contributed by atoms with E-state index in [1.165, 1.54) is 101 Å². The van der Waals surface area contributed by atoms with E-state index in [1.807, 2.05) is 24.3 Å². The summed E-state index contributed by atoms with van der Waals surface area (Å²) in [6.45, 7) is 8.73. The molecule has 24 nitrogen and oxygen atoms in total. The van der Waals surface area contributed by atoms with Crippen LogP contribution in [-0.2, 0) is 41.9 Å². The van der Waals surface area contributed by atoms with Gasteiger partial charge in [-0.1, -0.05) is 37.1 Å². The zero-order valence-electron chi connectivity index (χ0n) is 39.3. The van der Waals surface area contributed by atoms with Crippen LogP contribution in [0.5, 0.6) is 11.5 Å². The van der Waals surface area contributed by atoms with Crippen molar-refractivity contribution in [2.45, 2.75) is 64.5 Å². The molecule has 2 saturated heterocycles. The van der Waals surface area contributed by atoms with E-state index in [0.717, 1.165) is 24.6 Å². The van der Waals surface area contributed by atoms with Crippen LogP contribution in [0.2, 0.25) is 0 Å². The van der Waals surface area contributed by atoms with Crippen LogP contribution in [0.1, 0.15) is 83.2 Å². The molecule has 72 heavy (non-hydrogen) atoms. The van der Waals surface area contributed by atoms with Crippen LogP contribution in [0, 0.1) is 10.4 Å². The summed E-state index contributed by atoms with van der Waals surface area (Å²) in [5.41, 5.74) is 3.27. The lowest BCUT2D eigenvalue weighted by Gasteiger charge is -2.26. The van der Waals surface area contributed by atoms with Crippen molar-refractivity contribution in [2.24, 2.45) is 0 Å². The van der Waals surface area contributed by atoms with Gasteiger partial charge in [-0.15, -0.1) is 0 Å². The lowest BCUT2D eigenvalue weighted by molar-refractivity contribution is -0.605. The van der Waals surface area contributed by atoms with Gasteiger partial charge in [-0.3, -0.25) is 19.4 Å². The van der Waals surface area contributed by atoms with E-state index in [1.54, 1.807) is 24.3 Å². The highest BCUT2D eigenvalue weighted by atomic mass is 16.5. The lowest BCUT2D eigenvalue weighted by atomic mass is 10.1. The minimum atomic E-state index is -1.82. The molecule has 24 heteroatoms. The van der Waals surface area contributed by atoms with Gasteiger partial charge < -0.3 is 61.2 Å². The number of carbonyl (C=O) groups is 8. The van der Waals surface area contributed by atoms with Crippen LogP contribution in [-0.4, -0.2) is 141 Å². The van der Waals surface area contributed by atoms with E-state index in [0.29, 0.717) is 59.7 Å². The van der Waals surface area contributed by atoms with Gasteiger partial charge in [-0.25, -0.2) is 28.8 Å². The van der Waals surface area contributed by atoms with Gasteiger partial charge in [0.15, 0.2) is 24.8 Å². The number of likely N-dealkylation sites (tertiary alicyclic amines) is 2. The third-order valence-electron chi connectivity index (χ3n) is 9.88. The van der Waals surface area contributed by atoms with Gasteiger partial charge in [0.05, 0.1) is 13.2 Å². The number of benzene rings is 2. The zero-order valence-corrected chi connectivity index (χ0v) is 39.3. The van der Waals surface area contributed by atoms with E-state index in [-0.39, 0.29) is 11.8 Å². The van der Waals surface area contributed by atoms with Crippen LogP contribution in [0.25, 0.3) is 0 Å². The van der Waals surface area contributed by atoms with E-state index < -0.39 is 35.8 Å². The second-order valence-corrected chi connectivity index (χ2v) is 15.6. The van der Waals surface area contributed by atoms with Gasteiger partial charge in [0.25, 0.3) is 11.8 Å². The maximum atomic E-state index is 12.0. The Bertz CT molecular complexity index is 2150. The number of hydrogen-bond acceptors (Lipinski definition) is 14. The topological polar surface area (TPSA) is 361 Å². The first-order chi connectivity index (χ1) is 34.3. The molecule has 2 aromatic carbocycles. The van der Waals surface area contributed by atoms with Gasteiger partial charge in [0.1, 0.15) is 22.6 Å². The Hall–Kier alpha value is -8.38. The Kier molecular flexibility index (Phi) is 28.2. The average molecular weight is 1010 g/mol. The number of carbonyl (C=O) groups excluding carboxylic acids is 2. The third-order valence-corrected chi connectivity index (χ3v) is 9.88. The minimum Gasteiger partial charge on any atom is -0.619 e. The molecule has 2 fully saturated rings. The Morgan fingerprint density at radius 1 is 0.486 bits per heavy atom. The third kappa shape index (κ3) is 27.0. The lowest BCUT2D eigenvalue weighted by Crippen LogP contribution is -2.30. The summed E-state index contributed by atoms with van der Waals surface area (Å²) in [4.78, 5) is 83.5.